The van der Waals surface area contributed by atoms with Crippen LogP contribution in [0.15, 0.2) is 0 Å². The molecule has 0 aliphatic carbocycles. The maximum Gasteiger partial charge on any atom is 0.0700 e. The highest BCUT2D eigenvalue weighted by atomic mass is 16.5. The largest absolute Gasteiger partial charge is 0.377 e. The van der Waals surface area contributed by atoms with Crippen molar-refractivity contribution in [3.05, 3.63) is 0 Å². The third-order valence-electron chi connectivity index (χ3n) is 2.67. The highest BCUT2D eigenvalue weighted by Gasteiger charge is 2.29. The molecule has 1 heterocycles. The van der Waals surface area contributed by atoms with Crippen molar-refractivity contribution >= 4 is 0 Å². The highest BCUT2D eigenvalue weighted by molar-refractivity contribution is 4.82. The van der Waals surface area contributed by atoms with E-state index in [9.17, 15) is 0 Å². The first-order valence-electron chi connectivity index (χ1n) is 4.00. The maximum atomic E-state index is 5.89. The minimum absolute atomic E-state index is 0.226. The van der Waals surface area contributed by atoms with Crippen LogP contribution in [0.25, 0.3) is 0 Å². The lowest BCUT2D eigenvalue weighted by Crippen LogP contribution is -2.48. The Morgan fingerprint density at radius 3 is 2.40 bits per heavy atom. The van der Waals surface area contributed by atoms with Crippen molar-refractivity contribution in [2.24, 2.45) is 17.6 Å². The fourth-order valence-corrected chi connectivity index (χ4v) is 1.37. The smallest absolute Gasteiger partial charge is 0.0700 e. The molecule has 2 N–H and O–H groups in total. The monoisotopic (exact) mass is 143 g/mol. The molecule has 2 heteroatoms. The molecule has 1 saturated heterocycles. The van der Waals surface area contributed by atoms with Gasteiger partial charge in [0, 0.05) is 12.6 Å². The van der Waals surface area contributed by atoms with Crippen LogP contribution in [0.5, 0.6) is 0 Å². The summed E-state index contributed by atoms with van der Waals surface area (Å²) in [4.78, 5) is 0. The van der Waals surface area contributed by atoms with Gasteiger partial charge in [0.15, 0.2) is 0 Å². The van der Waals surface area contributed by atoms with Crippen molar-refractivity contribution in [1.29, 1.82) is 0 Å². The van der Waals surface area contributed by atoms with E-state index in [2.05, 4.69) is 13.8 Å². The van der Waals surface area contributed by atoms with Crippen molar-refractivity contribution in [3.8, 4) is 0 Å². The minimum Gasteiger partial charge on any atom is -0.377 e. The van der Waals surface area contributed by atoms with E-state index in [4.69, 9.17) is 10.5 Å². The quantitative estimate of drug-likeness (QED) is 0.549. The normalized spacial score (nSPS) is 49.2. The van der Waals surface area contributed by atoms with Crippen LogP contribution in [-0.4, -0.2) is 18.8 Å². The molecule has 4 unspecified atom stereocenters. The van der Waals surface area contributed by atoms with Gasteiger partial charge in [-0.2, -0.15) is 0 Å². The van der Waals surface area contributed by atoms with Gasteiger partial charge >= 0.3 is 0 Å². The van der Waals surface area contributed by atoms with Crippen molar-refractivity contribution < 1.29 is 4.74 Å². The molecule has 10 heavy (non-hydrogen) atoms. The lowest BCUT2D eigenvalue weighted by Gasteiger charge is -2.36. The molecule has 0 radical (unpaired) electrons. The molecular weight excluding hydrogens is 126 g/mol. The first-order chi connectivity index (χ1) is 4.63. The summed E-state index contributed by atoms with van der Waals surface area (Å²) in [6.45, 7) is 7.31. The Morgan fingerprint density at radius 1 is 1.30 bits per heavy atom. The van der Waals surface area contributed by atoms with Gasteiger partial charge in [-0.1, -0.05) is 13.8 Å². The number of nitrogens with two attached hydrogens (primary N) is 1. The average Bonchev–Trinajstić information content (AvgIpc) is 1.93. The van der Waals surface area contributed by atoms with E-state index in [1.165, 1.54) is 0 Å². The van der Waals surface area contributed by atoms with Gasteiger partial charge in [0.25, 0.3) is 0 Å². The van der Waals surface area contributed by atoms with Gasteiger partial charge < -0.3 is 10.5 Å². The number of ether oxygens (including phenoxy) is 1. The summed E-state index contributed by atoms with van der Waals surface area (Å²) in [7, 11) is 0. The Bertz CT molecular complexity index is 102. The van der Waals surface area contributed by atoms with Crippen molar-refractivity contribution in [2.45, 2.75) is 32.9 Å². The topological polar surface area (TPSA) is 35.2 Å². The van der Waals surface area contributed by atoms with Crippen molar-refractivity contribution in [2.75, 3.05) is 6.61 Å². The second kappa shape index (κ2) is 2.89. The maximum absolute atomic E-state index is 5.89. The first-order valence-corrected chi connectivity index (χ1v) is 4.00. The Morgan fingerprint density at radius 2 is 1.90 bits per heavy atom. The van der Waals surface area contributed by atoms with Crippen LogP contribution in [-0.2, 0) is 4.74 Å². The molecule has 0 saturated carbocycles. The fourth-order valence-electron chi connectivity index (χ4n) is 1.37. The molecule has 1 rings (SSSR count). The van der Waals surface area contributed by atoms with E-state index in [0.717, 1.165) is 6.61 Å². The molecule has 1 aliphatic heterocycles. The molecule has 0 bridgehead atoms. The van der Waals surface area contributed by atoms with Gasteiger partial charge in [0.1, 0.15) is 0 Å². The van der Waals surface area contributed by atoms with Crippen LogP contribution in [0.4, 0.5) is 0 Å². The Balaban J connectivity index is 2.52. The fraction of sp³-hybridized carbons (Fsp3) is 1.00. The molecule has 0 spiro atoms. The van der Waals surface area contributed by atoms with Crippen LogP contribution in [0.1, 0.15) is 20.8 Å². The molecule has 2 nitrogen and oxygen atoms in total. The van der Waals surface area contributed by atoms with Crippen molar-refractivity contribution in [3.63, 3.8) is 0 Å². The van der Waals surface area contributed by atoms with E-state index in [0.29, 0.717) is 11.8 Å². The minimum atomic E-state index is 0.226. The third-order valence-corrected chi connectivity index (χ3v) is 2.67. The zero-order valence-corrected chi connectivity index (χ0v) is 7.00. The van der Waals surface area contributed by atoms with Crippen LogP contribution in [0.3, 0.4) is 0 Å². The molecule has 1 fully saturated rings. The molecule has 0 aromatic rings. The molecule has 1 aliphatic rings. The number of hydrogen-bond acceptors (Lipinski definition) is 2. The van der Waals surface area contributed by atoms with Gasteiger partial charge in [-0.15, -0.1) is 0 Å². The van der Waals surface area contributed by atoms with Gasteiger partial charge in [0.05, 0.1) is 6.10 Å². The summed E-state index contributed by atoms with van der Waals surface area (Å²) in [5.41, 5.74) is 5.89. The third kappa shape index (κ3) is 1.32. The number of hydrogen-bond donors (Lipinski definition) is 1. The summed E-state index contributed by atoms with van der Waals surface area (Å²) >= 11 is 0. The van der Waals surface area contributed by atoms with Crippen molar-refractivity contribution in [1.82, 2.24) is 0 Å². The zero-order valence-electron chi connectivity index (χ0n) is 7.00. The molecule has 4 atom stereocenters. The summed E-state index contributed by atoms with van der Waals surface area (Å²) in [5.74, 6) is 1.22. The van der Waals surface area contributed by atoms with Crippen LogP contribution in [0.2, 0.25) is 0 Å². The van der Waals surface area contributed by atoms with Gasteiger partial charge in [-0.25, -0.2) is 0 Å². The Hall–Kier alpha value is -0.0800. The Labute approximate surface area is 62.7 Å². The van der Waals surface area contributed by atoms with E-state index < -0.39 is 0 Å². The molecule has 60 valence electrons. The first kappa shape index (κ1) is 8.02. The van der Waals surface area contributed by atoms with Crippen LogP contribution >= 0.6 is 0 Å². The SMILES string of the molecule is CC1COC(C)C(N)C1C. The van der Waals surface area contributed by atoms with Gasteiger partial charge in [-0.05, 0) is 18.8 Å². The average molecular weight is 143 g/mol. The van der Waals surface area contributed by atoms with E-state index in [1.54, 1.807) is 0 Å². The van der Waals surface area contributed by atoms with Crippen LogP contribution < -0.4 is 5.73 Å². The Kier molecular flexibility index (Phi) is 2.32. The molecular formula is C8H17NO. The second-order valence-corrected chi connectivity index (χ2v) is 3.45. The summed E-state index contributed by atoms with van der Waals surface area (Å²) in [5, 5.41) is 0. The van der Waals surface area contributed by atoms with E-state index >= 15 is 0 Å². The summed E-state index contributed by atoms with van der Waals surface area (Å²) < 4.78 is 5.45. The summed E-state index contributed by atoms with van der Waals surface area (Å²) in [6, 6.07) is 0.226. The standard InChI is InChI=1S/C8H17NO/c1-5-4-10-7(3)8(9)6(5)2/h5-8H,4,9H2,1-3H3. The van der Waals surface area contributed by atoms with E-state index in [1.807, 2.05) is 6.92 Å². The zero-order chi connectivity index (χ0) is 7.72. The lowest BCUT2D eigenvalue weighted by atomic mass is 9.85. The molecule has 0 aromatic carbocycles. The van der Waals surface area contributed by atoms with Gasteiger partial charge in [0.2, 0.25) is 0 Å². The highest BCUT2D eigenvalue weighted by Crippen LogP contribution is 2.23. The summed E-state index contributed by atoms with van der Waals surface area (Å²) in [6.07, 6.45) is 0.242. The molecule has 0 aromatic heterocycles. The van der Waals surface area contributed by atoms with Gasteiger partial charge in [-0.3, -0.25) is 0 Å². The van der Waals surface area contributed by atoms with Crippen LogP contribution in [0, 0.1) is 11.8 Å². The lowest BCUT2D eigenvalue weighted by molar-refractivity contribution is -0.0420. The predicted octanol–water partition coefficient (Wildman–Crippen LogP) is 1.00. The molecule has 0 amide bonds. The predicted molar refractivity (Wildman–Crippen MR) is 41.7 cm³/mol. The second-order valence-electron chi connectivity index (χ2n) is 3.45. The van der Waals surface area contributed by atoms with E-state index in [-0.39, 0.29) is 12.1 Å². The number of rotatable bonds is 0.